The maximum Gasteiger partial charge on any atom is 0.251 e. The van der Waals surface area contributed by atoms with Crippen LogP contribution in [0.1, 0.15) is 15.9 Å². The van der Waals surface area contributed by atoms with E-state index in [0.29, 0.717) is 23.6 Å². The van der Waals surface area contributed by atoms with Crippen LogP contribution < -0.4 is 14.8 Å². The summed E-state index contributed by atoms with van der Waals surface area (Å²) in [6.07, 6.45) is 0. The van der Waals surface area contributed by atoms with Gasteiger partial charge in [-0.25, -0.2) is 0 Å². The van der Waals surface area contributed by atoms with Crippen molar-refractivity contribution in [3.05, 3.63) is 59.7 Å². The Hall–Kier alpha value is -2.14. The first-order valence-electron chi connectivity index (χ1n) is 7.36. The van der Waals surface area contributed by atoms with E-state index in [2.05, 4.69) is 17.4 Å². The predicted molar refractivity (Wildman–Crippen MR) is 94.5 cm³/mol. The monoisotopic (exact) mass is 331 g/mol. The van der Waals surface area contributed by atoms with E-state index in [9.17, 15) is 4.79 Å². The van der Waals surface area contributed by atoms with E-state index in [-0.39, 0.29) is 5.91 Å². The number of methoxy groups -OCH3 is 2. The average molecular weight is 331 g/mol. The molecular formula is C18H21NO3S. The molecule has 1 N–H and O–H groups in total. The third kappa shape index (κ3) is 5.53. The van der Waals surface area contributed by atoms with Crippen LogP contribution in [0.2, 0.25) is 0 Å². The van der Waals surface area contributed by atoms with Gasteiger partial charge in [0, 0.05) is 29.7 Å². The first-order valence-corrected chi connectivity index (χ1v) is 8.51. The van der Waals surface area contributed by atoms with Gasteiger partial charge in [-0.3, -0.25) is 4.79 Å². The standard InChI is InChI=1S/C18H21NO3S/c1-21-16-10-15(11-17(12-16)22-2)18(20)19-8-9-23-13-14-6-4-3-5-7-14/h3-7,10-12H,8-9,13H2,1-2H3,(H,19,20). The Bertz CT molecular complexity index is 609. The Labute approximate surface area is 141 Å². The van der Waals surface area contributed by atoms with E-state index < -0.39 is 0 Å². The van der Waals surface area contributed by atoms with Gasteiger partial charge in [-0.15, -0.1) is 0 Å². The van der Waals surface area contributed by atoms with Crippen LogP contribution in [0, 0.1) is 0 Å². The van der Waals surface area contributed by atoms with Crippen LogP contribution >= 0.6 is 11.8 Å². The van der Waals surface area contributed by atoms with Crippen LogP contribution in [0.25, 0.3) is 0 Å². The highest BCUT2D eigenvalue weighted by Crippen LogP contribution is 2.22. The first kappa shape index (κ1) is 17.2. The van der Waals surface area contributed by atoms with Crippen LogP contribution in [0.5, 0.6) is 11.5 Å². The third-order valence-electron chi connectivity index (χ3n) is 3.26. The molecule has 0 atom stereocenters. The Morgan fingerprint density at radius 1 is 1.04 bits per heavy atom. The fourth-order valence-electron chi connectivity index (χ4n) is 2.04. The Morgan fingerprint density at radius 3 is 2.30 bits per heavy atom. The van der Waals surface area contributed by atoms with Crippen molar-refractivity contribution in [3.63, 3.8) is 0 Å². The van der Waals surface area contributed by atoms with Gasteiger partial charge < -0.3 is 14.8 Å². The fraction of sp³-hybridized carbons (Fsp3) is 0.278. The molecule has 2 aromatic rings. The minimum atomic E-state index is -0.123. The van der Waals surface area contributed by atoms with Gasteiger partial charge in [0.2, 0.25) is 0 Å². The number of thioether (sulfide) groups is 1. The number of amides is 1. The molecule has 0 aliphatic rings. The van der Waals surface area contributed by atoms with Crippen LogP contribution in [0.15, 0.2) is 48.5 Å². The molecule has 5 heteroatoms. The molecule has 2 rings (SSSR count). The van der Waals surface area contributed by atoms with Gasteiger partial charge in [-0.05, 0) is 17.7 Å². The predicted octanol–water partition coefficient (Wildman–Crippen LogP) is 3.37. The normalized spacial score (nSPS) is 10.2. The summed E-state index contributed by atoms with van der Waals surface area (Å²) < 4.78 is 10.4. The molecule has 0 bridgehead atoms. The lowest BCUT2D eigenvalue weighted by Gasteiger charge is -2.09. The van der Waals surface area contributed by atoms with Crippen LogP contribution in [0.4, 0.5) is 0 Å². The zero-order valence-electron chi connectivity index (χ0n) is 13.4. The van der Waals surface area contributed by atoms with Crippen molar-refractivity contribution in [2.24, 2.45) is 0 Å². The van der Waals surface area contributed by atoms with Gasteiger partial charge in [0.1, 0.15) is 11.5 Å². The Kier molecular flexibility index (Phi) is 6.81. The van der Waals surface area contributed by atoms with Crippen molar-refractivity contribution in [2.45, 2.75) is 5.75 Å². The third-order valence-corrected chi connectivity index (χ3v) is 4.29. The van der Waals surface area contributed by atoms with Crippen molar-refractivity contribution in [1.82, 2.24) is 5.32 Å². The van der Waals surface area contributed by atoms with Crippen molar-refractivity contribution < 1.29 is 14.3 Å². The zero-order valence-corrected chi connectivity index (χ0v) is 14.2. The highest BCUT2D eigenvalue weighted by Gasteiger charge is 2.09. The molecule has 0 unspecified atom stereocenters. The van der Waals surface area contributed by atoms with Gasteiger partial charge in [0.05, 0.1) is 14.2 Å². The zero-order chi connectivity index (χ0) is 16.5. The summed E-state index contributed by atoms with van der Waals surface area (Å²) in [5.74, 6) is 2.90. The molecule has 0 fully saturated rings. The maximum atomic E-state index is 12.2. The number of rotatable bonds is 8. The molecule has 0 radical (unpaired) electrons. The van der Waals surface area contributed by atoms with Crippen molar-refractivity contribution in [3.8, 4) is 11.5 Å². The summed E-state index contributed by atoms with van der Waals surface area (Å²) in [7, 11) is 3.13. The SMILES string of the molecule is COc1cc(OC)cc(C(=O)NCCSCc2ccccc2)c1. The minimum absolute atomic E-state index is 0.123. The van der Waals surface area contributed by atoms with Crippen molar-refractivity contribution >= 4 is 17.7 Å². The molecule has 4 nitrogen and oxygen atoms in total. The van der Waals surface area contributed by atoms with Crippen molar-refractivity contribution in [1.29, 1.82) is 0 Å². The van der Waals surface area contributed by atoms with E-state index >= 15 is 0 Å². The minimum Gasteiger partial charge on any atom is -0.497 e. The summed E-state index contributed by atoms with van der Waals surface area (Å²) >= 11 is 1.79. The van der Waals surface area contributed by atoms with Gasteiger partial charge in [-0.2, -0.15) is 11.8 Å². The van der Waals surface area contributed by atoms with Crippen LogP contribution in [-0.2, 0) is 5.75 Å². The number of hydrogen-bond acceptors (Lipinski definition) is 4. The smallest absolute Gasteiger partial charge is 0.251 e. The van der Waals surface area contributed by atoms with E-state index in [1.807, 2.05) is 18.2 Å². The molecule has 2 aromatic carbocycles. The molecule has 122 valence electrons. The molecule has 0 heterocycles. The second kappa shape index (κ2) is 9.10. The van der Waals surface area contributed by atoms with E-state index in [1.165, 1.54) is 5.56 Å². The highest BCUT2D eigenvalue weighted by atomic mass is 32.2. The first-order chi connectivity index (χ1) is 11.2. The van der Waals surface area contributed by atoms with Crippen molar-refractivity contribution in [2.75, 3.05) is 26.5 Å². The molecule has 1 amide bonds. The topological polar surface area (TPSA) is 47.6 Å². The van der Waals surface area contributed by atoms with Crippen LogP contribution in [0.3, 0.4) is 0 Å². The number of carbonyl (C=O) groups is 1. The number of carbonyl (C=O) groups excluding carboxylic acids is 1. The van der Waals surface area contributed by atoms with E-state index in [4.69, 9.17) is 9.47 Å². The average Bonchev–Trinajstić information content (AvgIpc) is 2.61. The maximum absolute atomic E-state index is 12.2. The number of hydrogen-bond donors (Lipinski definition) is 1. The number of ether oxygens (including phenoxy) is 2. The van der Waals surface area contributed by atoms with Gasteiger partial charge >= 0.3 is 0 Å². The lowest BCUT2D eigenvalue weighted by molar-refractivity contribution is 0.0955. The second-order valence-electron chi connectivity index (χ2n) is 4.90. The molecule has 0 spiro atoms. The number of nitrogens with one attached hydrogen (secondary N) is 1. The molecule has 0 saturated carbocycles. The van der Waals surface area contributed by atoms with E-state index in [0.717, 1.165) is 11.5 Å². The summed E-state index contributed by atoms with van der Waals surface area (Å²) in [6, 6.07) is 15.4. The second-order valence-corrected chi connectivity index (χ2v) is 6.00. The lowest BCUT2D eigenvalue weighted by atomic mass is 10.2. The summed E-state index contributed by atoms with van der Waals surface area (Å²) in [5.41, 5.74) is 1.83. The Morgan fingerprint density at radius 2 is 1.70 bits per heavy atom. The quantitative estimate of drug-likeness (QED) is 0.754. The summed E-state index contributed by atoms with van der Waals surface area (Å²) in [5, 5.41) is 2.92. The largest absolute Gasteiger partial charge is 0.497 e. The molecule has 0 saturated heterocycles. The lowest BCUT2D eigenvalue weighted by Crippen LogP contribution is -2.25. The van der Waals surface area contributed by atoms with E-state index in [1.54, 1.807) is 44.2 Å². The molecule has 23 heavy (non-hydrogen) atoms. The fourth-order valence-corrected chi connectivity index (χ4v) is 2.86. The summed E-state index contributed by atoms with van der Waals surface area (Å²) in [6.45, 7) is 0.621. The Balaban J connectivity index is 1.78. The molecule has 0 aliphatic heterocycles. The summed E-state index contributed by atoms with van der Waals surface area (Å²) in [4.78, 5) is 12.2. The van der Waals surface area contributed by atoms with Gasteiger partial charge in [0.15, 0.2) is 0 Å². The molecule has 0 aliphatic carbocycles. The molecular weight excluding hydrogens is 310 g/mol. The van der Waals surface area contributed by atoms with Gasteiger partial charge in [0.25, 0.3) is 5.91 Å². The van der Waals surface area contributed by atoms with Crippen LogP contribution in [-0.4, -0.2) is 32.4 Å². The number of benzene rings is 2. The highest BCUT2D eigenvalue weighted by molar-refractivity contribution is 7.98. The molecule has 0 aromatic heterocycles. The van der Waals surface area contributed by atoms with Gasteiger partial charge in [-0.1, -0.05) is 30.3 Å².